The highest BCUT2D eigenvalue weighted by Crippen LogP contribution is 2.26. The minimum atomic E-state index is -0.0261. The van der Waals surface area contributed by atoms with Crippen LogP contribution in [0.3, 0.4) is 0 Å². The first kappa shape index (κ1) is 12.7. The second-order valence-electron chi connectivity index (χ2n) is 4.73. The molecule has 1 aliphatic rings. The first-order chi connectivity index (χ1) is 8.29. The molecule has 0 unspecified atom stereocenters. The van der Waals surface area contributed by atoms with Crippen molar-refractivity contribution in [2.45, 2.75) is 38.7 Å². The van der Waals surface area contributed by atoms with Gasteiger partial charge in [-0.2, -0.15) is 0 Å². The van der Waals surface area contributed by atoms with Gasteiger partial charge in [-0.15, -0.1) is 0 Å². The molecule has 1 fully saturated rings. The van der Waals surface area contributed by atoms with Gasteiger partial charge >= 0.3 is 0 Å². The Hall–Kier alpha value is -0.730. The Morgan fingerprint density at radius 1 is 1.24 bits per heavy atom. The van der Waals surface area contributed by atoms with Gasteiger partial charge in [0.1, 0.15) is 5.75 Å². The molecule has 0 heterocycles. The maximum Gasteiger partial charge on any atom is 0.120 e. The monoisotopic (exact) mass is 254 g/mol. The summed E-state index contributed by atoms with van der Waals surface area (Å²) in [4.78, 5) is 0. The van der Waals surface area contributed by atoms with Crippen molar-refractivity contribution in [3.05, 3.63) is 28.8 Å². The van der Waals surface area contributed by atoms with Crippen molar-refractivity contribution in [1.29, 1.82) is 0 Å². The number of aliphatic hydroxyl groups excluding tert-OH is 1. The quantitative estimate of drug-likeness (QED) is 0.886. The lowest BCUT2D eigenvalue weighted by Gasteiger charge is -2.21. The van der Waals surface area contributed by atoms with Crippen LogP contribution in [0, 0.1) is 5.92 Å². The molecule has 1 aliphatic carbocycles. The van der Waals surface area contributed by atoms with E-state index >= 15 is 0 Å². The fourth-order valence-corrected chi connectivity index (χ4v) is 2.54. The topological polar surface area (TPSA) is 29.5 Å². The maximum atomic E-state index is 9.02. The lowest BCUT2D eigenvalue weighted by molar-refractivity contribution is 0.208. The van der Waals surface area contributed by atoms with E-state index in [1.165, 1.54) is 32.1 Å². The molecular formula is C14H19ClO2. The second-order valence-corrected chi connectivity index (χ2v) is 5.13. The summed E-state index contributed by atoms with van der Waals surface area (Å²) in [5.74, 6) is 1.50. The number of rotatable bonds is 4. The van der Waals surface area contributed by atoms with Crippen LogP contribution < -0.4 is 4.74 Å². The number of halogens is 1. The summed E-state index contributed by atoms with van der Waals surface area (Å²) in [6.07, 6.45) is 6.59. The van der Waals surface area contributed by atoms with Gasteiger partial charge < -0.3 is 9.84 Å². The molecule has 0 atom stereocenters. The molecule has 17 heavy (non-hydrogen) atoms. The minimum absolute atomic E-state index is 0.0261. The van der Waals surface area contributed by atoms with Crippen molar-refractivity contribution in [3.8, 4) is 5.75 Å². The van der Waals surface area contributed by atoms with Crippen LogP contribution >= 0.6 is 11.6 Å². The zero-order valence-corrected chi connectivity index (χ0v) is 10.7. The van der Waals surface area contributed by atoms with Crippen LogP contribution in [0.15, 0.2) is 18.2 Å². The third-order valence-electron chi connectivity index (χ3n) is 3.41. The van der Waals surface area contributed by atoms with Crippen molar-refractivity contribution in [1.82, 2.24) is 0 Å². The van der Waals surface area contributed by atoms with Gasteiger partial charge in [0, 0.05) is 5.02 Å². The summed E-state index contributed by atoms with van der Waals surface area (Å²) < 4.78 is 5.76. The lowest BCUT2D eigenvalue weighted by atomic mass is 9.90. The third kappa shape index (κ3) is 3.62. The number of ether oxygens (including phenoxy) is 1. The Morgan fingerprint density at radius 3 is 2.65 bits per heavy atom. The number of aliphatic hydroxyl groups is 1. The highest BCUT2D eigenvalue weighted by molar-refractivity contribution is 6.31. The Bertz CT molecular complexity index is 359. The molecule has 0 aromatic heterocycles. The molecule has 2 nitrogen and oxygen atoms in total. The Balaban J connectivity index is 1.87. The summed E-state index contributed by atoms with van der Waals surface area (Å²) in [7, 11) is 0. The van der Waals surface area contributed by atoms with Crippen molar-refractivity contribution in [2.75, 3.05) is 6.61 Å². The molecule has 0 aliphatic heterocycles. The van der Waals surface area contributed by atoms with E-state index in [-0.39, 0.29) is 6.61 Å². The molecule has 0 saturated heterocycles. The van der Waals surface area contributed by atoms with Crippen molar-refractivity contribution >= 4 is 11.6 Å². The van der Waals surface area contributed by atoms with Crippen LogP contribution in [0.4, 0.5) is 0 Å². The fraction of sp³-hybridized carbons (Fsp3) is 0.571. The lowest BCUT2D eigenvalue weighted by Crippen LogP contribution is -2.15. The summed E-state index contributed by atoms with van der Waals surface area (Å²) in [5, 5.41) is 9.60. The molecule has 2 rings (SSSR count). The normalized spacial score (nSPS) is 17.1. The zero-order chi connectivity index (χ0) is 12.1. The minimum Gasteiger partial charge on any atom is -0.493 e. The third-order valence-corrected chi connectivity index (χ3v) is 3.76. The van der Waals surface area contributed by atoms with E-state index in [0.717, 1.165) is 17.9 Å². The molecule has 0 bridgehead atoms. The Morgan fingerprint density at radius 2 is 2.00 bits per heavy atom. The van der Waals surface area contributed by atoms with Crippen LogP contribution in [0.25, 0.3) is 0 Å². The predicted molar refractivity (Wildman–Crippen MR) is 69.4 cm³/mol. The van der Waals surface area contributed by atoms with Gasteiger partial charge in [0.2, 0.25) is 0 Å². The van der Waals surface area contributed by atoms with Gasteiger partial charge in [-0.3, -0.25) is 0 Å². The SMILES string of the molecule is OCc1ccc(OCC2CCCCC2)cc1Cl. The molecule has 1 N–H and O–H groups in total. The van der Waals surface area contributed by atoms with Crippen LogP contribution in [0.2, 0.25) is 5.02 Å². The molecular weight excluding hydrogens is 236 g/mol. The van der Waals surface area contributed by atoms with Gasteiger partial charge in [0.25, 0.3) is 0 Å². The highest BCUT2D eigenvalue weighted by Gasteiger charge is 2.14. The van der Waals surface area contributed by atoms with E-state index in [9.17, 15) is 0 Å². The van der Waals surface area contributed by atoms with Crippen molar-refractivity contribution < 1.29 is 9.84 Å². The molecule has 1 aromatic carbocycles. The van der Waals surface area contributed by atoms with Crippen LogP contribution in [-0.2, 0) is 6.61 Å². The number of benzene rings is 1. The van der Waals surface area contributed by atoms with E-state index in [1.54, 1.807) is 6.07 Å². The molecule has 0 radical (unpaired) electrons. The largest absolute Gasteiger partial charge is 0.493 e. The van der Waals surface area contributed by atoms with E-state index in [4.69, 9.17) is 21.4 Å². The number of hydrogen-bond donors (Lipinski definition) is 1. The smallest absolute Gasteiger partial charge is 0.120 e. The molecule has 94 valence electrons. The van der Waals surface area contributed by atoms with Gasteiger partial charge in [0.05, 0.1) is 13.2 Å². The predicted octanol–water partition coefficient (Wildman–Crippen LogP) is 3.79. The summed E-state index contributed by atoms with van der Waals surface area (Å²) in [6, 6.07) is 5.48. The summed E-state index contributed by atoms with van der Waals surface area (Å²) in [5.41, 5.74) is 0.747. The molecule has 1 aromatic rings. The number of hydrogen-bond acceptors (Lipinski definition) is 2. The van der Waals surface area contributed by atoms with E-state index < -0.39 is 0 Å². The second kappa shape index (κ2) is 6.27. The molecule has 0 spiro atoms. The Labute approximate surface area is 108 Å². The molecule has 0 amide bonds. The highest BCUT2D eigenvalue weighted by atomic mass is 35.5. The van der Waals surface area contributed by atoms with Crippen molar-refractivity contribution in [2.24, 2.45) is 5.92 Å². The van der Waals surface area contributed by atoms with Crippen LogP contribution in [-0.4, -0.2) is 11.7 Å². The standard InChI is InChI=1S/C14H19ClO2/c15-14-8-13(7-6-12(14)9-16)17-10-11-4-2-1-3-5-11/h6-8,11,16H,1-5,9-10H2. The van der Waals surface area contributed by atoms with Crippen LogP contribution in [0.5, 0.6) is 5.75 Å². The average Bonchev–Trinajstić information content (AvgIpc) is 2.38. The maximum absolute atomic E-state index is 9.02. The zero-order valence-electron chi connectivity index (χ0n) is 9.99. The van der Waals surface area contributed by atoms with Gasteiger partial charge in [0.15, 0.2) is 0 Å². The first-order valence-electron chi connectivity index (χ1n) is 6.31. The van der Waals surface area contributed by atoms with E-state index in [0.29, 0.717) is 10.9 Å². The summed E-state index contributed by atoms with van der Waals surface area (Å²) in [6.45, 7) is 0.760. The van der Waals surface area contributed by atoms with E-state index in [2.05, 4.69) is 0 Å². The average molecular weight is 255 g/mol. The van der Waals surface area contributed by atoms with Crippen LogP contribution in [0.1, 0.15) is 37.7 Å². The van der Waals surface area contributed by atoms with Gasteiger partial charge in [-0.1, -0.05) is 36.9 Å². The summed E-state index contributed by atoms with van der Waals surface area (Å²) >= 11 is 6.01. The first-order valence-corrected chi connectivity index (χ1v) is 6.69. The van der Waals surface area contributed by atoms with E-state index in [1.807, 2.05) is 12.1 Å². The molecule has 3 heteroatoms. The Kier molecular flexibility index (Phi) is 4.69. The van der Waals surface area contributed by atoms with Crippen molar-refractivity contribution in [3.63, 3.8) is 0 Å². The van der Waals surface area contributed by atoms with Gasteiger partial charge in [-0.25, -0.2) is 0 Å². The molecule has 1 saturated carbocycles. The van der Waals surface area contributed by atoms with Gasteiger partial charge in [-0.05, 0) is 36.5 Å². The fourth-order valence-electron chi connectivity index (χ4n) is 2.31.